The summed E-state index contributed by atoms with van der Waals surface area (Å²) in [6, 6.07) is 12.3. The lowest BCUT2D eigenvalue weighted by molar-refractivity contribution is -0.0306. The van der Waals surface area contributed by atoms with Gasteiger partial charge in [-0.15, -0.1) is 0 Å². The van der Waals surface area contributed by atoms with Crippen LogP contribution in [-0.2, 0) is 0 Å². The van der Waals surface area contributed by atoms with Gasteiger partial charge in [-0.1, -0.05) is 43.7 Å². The lowest BCUT2D eigenvalue weighted by Gasteiger charge is -2.55. The predicted molar refractivity (Wildman–Crippen MR) is 84.8 cm³/mol. The van der Waals surface area contributed by atoms with Gasteiger partial charge in [0.2, 0.25) is 0 Å². The van der Waals surface area contributed by atoms with E-state index in [0.29, 0.717) is 17.6 Å². The molecule has 1 aromatic rings. The first-order valence-electron chi connectivity index (χ1n) is 8.28. The zero-order valence-electron chi connectivity index (χ0n) is 12.9. The van der Waals surface area contributed by atoms with Crippen molar-refractivity contribution in [1.29, 1.82) is 0 Å². The lowest BCUT2D eigenvalue weighted by atomic mass is 9.75. The molecule has 1 saturated heterocycles. The van der Waals surface area contributed by atoms with Crippen LogP contribution in [0.15, 0.2) is 30.3 Å². The summed E-state index contributed by atoms with van der Waals surface area (Å²) in [6.07, 6.45) is 6.72. The van der Waals surface area contributed by atoms with Gasteiger partial charge in [-0.25, -0.2) is 0 Å². The van der Waals surface area contributed by atoms with E-state index in [1.807, 2.05) is 0 Å². The fourth-order valence-corrected chi connectivity index (χ4v) is 3.90. The Labute approximate surface area is 123 Å². The fourth-order valence-electron chi connectivity index (χ4n) is 3.90. The molecule has 2 aliphatic rings. The normalized spacial score (nSPS) is 29.9. The number of benzene rings is 1. The monoisotopic (exact) mass is 272 g/mol. The first-order chi connectivity index (χ1) is 9.73. The minimum absolute atomic E-state index is 0.439. The van der Waals surface area contributed by atoms with Crippen LogP contribution in [0.3, 0.4) is 0 Å². The molecule has 2 fully saturated rings. The molecule has 1 N–H and O–H groups in total. The van der Waals surface area contributed by atoms with Crippen molar-refractivity contribution in [2.24, 2.45) is 0 Å². The second kappa shape index (κ2) is 5.87. The third kappa shape index (κ3) is 2.64. The van der Waals surface area contributed by atoms with Gasteiger partial charge in [-0.3, -0.25) is 4.90 Å². The van der Waals surface area contributed by atoms with Crippen molar-refractivity contribution in [1.82, 2.24) is 10.2 Å². The summed E-state index contributed by atoms with van der Waals surface area (Å²) in [5, 5.41) is 3.78. The van der Waals surface area contributed by atoms with Gasteiger partial charge < -0.3 is 5.32 Å². The summed E-state index contributed by atoms with van der Waals surface area (Å²) in [5.74, 6) is 0. The highest BCUT2D eigenvalue weighted by Gasteiger charge is 2.44. The molecule has 2 nitrogen and oxygen atoms in total. The summed E-state index contributed by atoms with van der Waals surface area (Å²) >= 11 is 0. The van der Waals surface area contributed by atoms with Crippen LogP contribution in [0.5, 0.6) is 0 Å². The Balaban J connectivity index is 1.81. The van der Waals surface area contributed by atoms with Gasteiger partial charge in [0.05, 0.1) is 0 Å². The van der Waals surface area contributed by atoms with Crippen LogP contribution in [-0.4, -0.2) is 29.6 Å². The van der Waals surface area contributed by atoms with E-state index in [1.165, 1.54) is 44.2 Å². The minimum Gasteiger partial charge on any atom is -0.311 e. The average Bonchev–Trinajstić information content (AvgIpc) is 2.46. The Morgan fingerprint density at radius 1 is 1.25 bits per heavy atom. The number of piperazine rings is 1. The van der Waals surface area contributed by atoms with Crippen molar-refractivity contribution in [2.45, 2.75) is 63.6 Å². The molecule has 110 valence electrons. The van der Waals surface area contributed by atoms with Crippen molar-refractivity contribution in [3.05, 3.63) is 35.9 Å². The second-order valence-electron chi connectivity index (χ2n) is 6.82. The van der Waals surface area contributed by atoms with Crippen LogP contribution >= 0.6 is 0 Å². The Hall–Kier alpha value is -0.860. The number of rotatable bonds is 4. The van der Waals surface area contributed by atoms with Crippen LogP contribution in [0, 0.1) is 0 Å². The summed E-state index contributed by atoms with van der Waals surface area (Å²) < 4.78 is 0. The highest BCUT2D eigenvalue weighted by molar-refractivity contribution is 5.21. The Bertz CT molecular complexity index is 424. The summed E-state index contributed by atoms with van der Waals surface area (Å²) in [6.45, 7) is 7.08. The molecule has 1 saturated carbocycles. The van der Waals surface area contributed by atoms with Crippen molar-refractivity contribution >= 4 is 0 Å². The van der Waals surface area contributed by atoms with E-state index in [2.05, 4.69) is 54.4 Å². The molecule has 1 aromatic carbocycles. The van der Waals surface area contributed by atoms with E-state index in [-0.39, 0.29) is 0 Å². The largest absolute Gasteiger partial charge is 0.311 e. The van der Waals surface area contributed by atoms with E-state index in [0.717, 1.165) is 6.54 Å². The Morgan fingerprint density at radius 2 is 2.00 bits per heavy atom. The van der Waals surface area contributed by atoms with Crippen molar-refractivity contribution < 1.29 is 0 Å². The Morgan fingerprint density at radius 3 is 2.60 bits per heavy atom. The SMILES string of the molecule is CCCC1CN(C2(C)CCC2)C(c2ccccc2)CN1. The molecule has 0 spiro atoms. The molecule has 1 heterocycles. The van der Waals surface area contributed by atoms with Crippen LogP contribution in [0.4, 0.5) is 0 Å². The van der Waals surface area contributed by atoms with Gasteiger partial charge in [-0.05, 0) is 38.2 Å². The molecule has 2 unspecified atom stereocenters. The summed E-state index contributed by atoms with van der Waals surface area (Å²) in [7, 11) is 0. The molecule has 2 atom stereocenters. The maximum absolute atomic E-state index is 3.78. The summed E-state index contributed by atoms with van der Waals surface area (Å²) in [5.41, 5.74) is 1.91. The molecule has 0 amide bonds. The molecule has 0 aromatic heterocycles. The van der Waals surface area contributed by atoms with Crippen molar-refractivity contribution in [2.75, 3.05) is 13.1 Å². The van der Waals surface area contributed by atoms with Crippen LogP contribution < -0.4 is 5.32 Å². The van der Waals surface area contributed by atoms with E-state index in [1.54, 1.807) is 0 Å². The van der Waals surface area contributed by atoms with Gasteiger partial charge in [-0.2, -0.15) is 0 Å². The molecule has 2 heteroatoms. The van der Waals surface area contributed by atoms with Crippen LogP contribution in [0.2, 0.25) is 0 Å². The highest BCUT2D eigenvalue weighted by Crippen LogP contribution is 2.43. The number of nitrogens with one attached hydrogen (secondary N) is 1. The molecule has 0 bridgehead atoms. The van der Waals surface area contributed by atoms with E-state index in [4.69, 9.17) is 0 Å². The third-order valence-corrected chi connectivity index (χ3v) is 5.34. The highest BCUT2D eigenvalue weighted by atomic mass is 15.3. The third-order valence-electron chi connectivity index (χ3n) is 5.34. The first-order valence-corrected chi connectivity index (χ1v) is 8.28. The maximum atomic E-state index is 3.78. The van der Waals surface area contributed by atoms with Crippen molar-refractivity contribution in [3.8, 4) is 0 Å². The molecule has 1 aliphatic carbocycles. The van der Waals surface area contributed by atoms with Gasteiger partial charge in [0.25, 0.3) is 0 Å². The van der Waals surface area contributed by atoms with Gasteiger partial charge >= 0.3 is 0 Å². The quantitative estimate of drug-likeness (QED) is 0.898. The Kier molecular flexibility index (Phi) is 4.13. The van der Waals surface area contributed by atoms with Crippen molar-refractivity contribution in [3.63, 3.8) is 0 Å². The van der Waals surface area contributed by atoms with E-state index >= 15 is 0 Å². The van der Waals surface area contributed by atoms with Gasteiger partial charge in [0.1, 0.15) is 0 Å². The molecule has 1 aliphatic heterocycles. The smallest absolute Gasteiger partial charge is 0.0478 e. The topological polar surface area (TPSA) is 15.3 Å². The van der Waals surface area contributed by atoms with Crippen LogP contribution in [0.25, 0.3) is 0 Å². The standard InChI is InChI=1S/C18H28N2/c1-3-8-16-14-20(18(2)11-7-12-18)17(13-19-16)15-9-5-4-6-10-15/h4-6,9-10,16-17,19H,3,7-8,11-14H2,1-2H3. The number of hydrogen-bond donors (Lipinski definition) is 1. The maximum Gasteiger partial charge on any atom is 0.0478 e. The number of hydrogen-bond acceptors (Lipinski definition) is 2. The molecule has 0 radical (unpaired) electrons. The fraction of sp³-hybridized carbons (Fsp3) is 0.667. The lowest BCUT2D eigenvalue weighted by Crippen LogP contribution is -2.62. The molecular weight excluding hydrogens is 244 g/mol. The van der Waals surface area contributed by atoms with Crippen LogP contribution in [0.1, 0.15) is 57.6 Å². The van der Waals surface area contributed by atoms with E-state index < -0.39 is 0 Å². The zero-order valence-corrected chi connectivity index (χ0v) is 12.9. The minimum atomic E-state index is 0.439. The molecule has 3 rings (SSSR count). The summed E-state index contributed by atoms with van der Waals surface area (Å²) in [4.78, 5) is 2.81. The average molecular weight is 272 g/mol. The predicted octanol–water partition coefficient (Wildman–Crippen LogP) is 3.74. The van der Waals surface area contributed by atoms with Gasteiger partial charge in [0.15, 0.2) is 0 Å². The van der Waals surface area contributed by atoms with Gasteiger partial charge in [0, 0.05) is 30.7 Å². The molecule has 20 heavy (non-hydrogen) atoms. The first kappa shape index (κ1) is 14.1. The molecular formula is C18H28N2. The number of nitrogens with zero attached hydrogens (tertiary/aromatic N) is 1. The second-order valence-corrected chi connectivity index (χ2v) is 6.82. The van der Waals surface area contributed by atoms with E-state index in [9.17, 15) is 0 Å². The zero-order chi connectivity index (χ0) is 14.0.